The lowest BCUT2D eigenvalue weighted by Gasteiger charge is -2.27. The van der Waals surface area contributed by atoms with Crippen LogP contribution in [0.15, 0.2) is 18.2 Å². The molecular formula is C15H19N3O2. The highest BCUT2D eigenvalue weighted by molar-refractivity contribution is 6.00. The van der Waals surface area contributed by atoms with Gasteiger partial charge in [-0.3, -0.25) is 0 Å². The summed E-state index contributed by atoms with van der Waals surface area (Å²) >= 11 is 0. The molecule has 5 nitrogen and oxygen atoms in total. The SMILES string of the molecule is CC(C1CCCCC1)n1nnc2cccc(C(=O)O)c21. The van der Waals surface area contributed by atoms with Gasteiger partial charge in [-0.15, -0.1) is 5.10 Å². The molecule has 1 aliphatic carbocycles. The van der Waals surface area contributed by atoms with Crippen LogP contribution in [0.4, 0.5) is 0 Å². The summed E-state index contributed by atoms with van der Waals surface area (Å²) < 4.78 is 1.81. The van der Waals surface area contributed by atoms with Gasteiger partial charge in [0.15, 0.2) is 0 Å². The Morgan fingerprint density at radius 3 is 2.80 bits per heavy atom. The van der Waals surface area contributed by atoms with E-state index in [1.165, 1.54) is 32.1 Å². The van der Waals surface area contributed by atoms with Crippen molar-refractivity contribution in [1.82, 2.24) is 15.0 Å². The lowest BCUT2D eigenvalue weighted by atomic mass is 9.84. The first-order valence-corrected chi connectivity index (χ1v) is 7.25. The zero-order valence-corrected chi connectivity index (χ0v) is 11.6. The molecular weight excluding hydrogens is 254 g/mol. The number of nitrogens with zero attached hydrogens (tertiary/aromatic N) is 3. The van der Waals surface area contributed by atoms with Gasteiger partial charge in [-0.05, 0) is 37.8 Å². The molecule has 0 bridgehead atoms. The topological polar surface area (TPSA) is 68.0 Å². The number of aromatic nitrogens is 3. The fourth-order valence-corrected chi connectivity index (χ4v) is 3.27. The maximum Gasteiger partial charge on any atom is 0.337 e. The Kier molecular flexibility index (Phi) is 3.42. The van der Waals surface area contributed by atoms with Crippen molar-refractivity contribution in [2.75, 3.05) is 0 Å². The van der Waals surface area contributed by atoms with Crippen molar-refractivity contribution < 1.29 is 9.90 Å². The quantitative estimate of drug-likeness (QED) is 0.931. The van der Waals surface area contributed by atoms with Crippen molar-refractivity contribution >= 4 is 17.0 Å². The molecule has 0 saturated heterocycles. The number of fused-ring (bicyclic) bond motifs is 1. The van der Waals surface area contributed by atoms with Crippen LogP contribution in [0.3, 0.4) is 0 Å². The van der Waals surface area contributed by atoms with Crippen LogP contribution in [0.25, 0.3) is 11.0 Å². The van der Waals surface area contributed by atoms with Crippen molar-refractivity contribution in [1.29, 1.82) is 0 Å². The van der Waals surface area contributed by atoms with Crippen LogP contribution < -0.4 is 0 Å². The van der Waals surface area contributed by atoms with Gasteiger partial charge < -0.3 is 5.11 Å². The van der Waals surface area contributed by atoms with Crippen molar-refractivity contribution in [3.63, 3.8) is 0 Å². The van der Waals surface area contributed by atoms with Crippen LogP contribution in [0.1, 0.15) is 55.4 Å². The zero-order chi connectivity index (χ0) is 14.1. The van der Waals surface area contributed by atoms with E-state index in [2.05, 4.69) is 17.2 Å². The zero-order valence-electron chi connectivity index (χ0n) is 11.6. The Morgan fingerprint density at radius 2 is 2.10 bits per heavy atom. The van der Waals surface area contributed by atoms with Crippen molar-refractivity contribution in [3.05, 3.63) is 23.8 Å². The van der Waals surface area contributed by atoms with Crippen LogP contribution in [0.2, 0.25) is 0 Å². The van der Waals surface area contributed by atoms with Gasteiger partial charge in [0, 0.05) is 0 Å². The summed E-state index contributed by atoms with van der Waals surface area (Å²) in [6.07, 6.45) is 6.21. The van der Waals surface area contributed by atoms with Crippen LogP contribution in [0.5, 0.6) is 0 Å². The molecule has 1 aliphatic rings. The number of hydrogen-bond acceptors (Lipinski definition) is 3. The van der Waals surface area contributed by atoms with Crippen molar-refractivity contribution in [2.45, 2.75) is 45.1 Å². The Hall–Kier alpha value is -1.91. The van der Waals surface area contributed by atoms with Gasteiger partial charge in [0.1, 0.15) is 11.0 Å². The Morgan fingerprint density at radius 1 is 1.35 bits per heavy atom. The average molecular weight is 273 g/mol. The summed E-state index contributed by atoms with van der Waals surface area (Å²) in [5, 5.41) is 17.7. The number of aromatic carboxylic acids is 1. The fraction of sp³-hybridized carbons (Fsp3) is 0.533. The molecule has 0 spiro atoms. The van der Waals surface area contributed by atoms with E-state index in [9.17, 15) is 9.90 Å². The van der Waals surface area contributed by atoms with Crippen molar-refractivity contribution in [2.24, 2.45) is 5.92 Å². The molecule has 1 atom stereocenters. The Labute approximate surface area is 117 Å². The van der Waals surface area contributed by atoms with Gasteiger partial charge in [0.2, 0.25) is 0 Å². The predicted octanol–water partition coefficient (Wildman–Crippen LogP) is 3.27. The third-order valence-electron chi connectivity index (χ3n) is 4.44. The number of benzene rings is 1. The molecule has 2 aromatic rings. The first-order chi connectivity index (χ1) is 9.68. The summed E-state index contributed by atoms with van der Waals surface area (Å²) in [4.78, 5) is 11.4. The van der Waals surface area contributed by atoms with Gasteiger partial charge in [-0.25, -0.2) is 9.48 Å². The minimum absolute atomic E-state index is 0.195. The number of carbonyl (C=O) groups is 1. The first kappa shape index (κ1) is 13.1. The molecule has 3 rings (SSSR count). The molecule has 0 radical (unpaired) electrons. The Balaban J connectivity index is 2.04. The first-order valence-electron chi connectivity index (χ1n) is 7.25. The minimum atomic E-state index is -0.921. The lowest BCUT2D eigenvalue weighted by Crippen LogP contribution is -2.21. The monoisotopic (exact) mass is 273 g/mol. The van der Waals surface area contributed by atoms with E-state index in [0.717, 1.165) is 0 Å². The van der Waals surface area contributed by atoms with E-state index in [4.69, 9.17) is 0 Å². The summed E-state index contributed by atoms with van der Waals surface area (Å²) in [6, 6.07) is 5.35. The fourth-order valence-electron chi connectivity index (χ4n) is 3.27. The van der Waals surface area contributed by atoms with E-state index >= 15 is 0 Å². The van der Waals surface area contributed by atoms with Gasteiger partial charge >= 0.3 is 5.97 Å². The smallest absolute Gasteiger partial charge is 0.337 e. The summed E-state index contributed by atoms with van der Waals surface area (Å²) in [5.41, 5.74) is 1.60. The highest BCUT2D eigenvalue weighted by Gasteiger charge is 2.25. The predicted molar refractivity (Wildman–Crippen MR) is 75.8 cm³/mol. The number of carboxylic acids is 1. The molecule has 1 heterocycles. The maximum atomic E-state index is 11.4. The standard InChI is InChI=1S/C15H19N3O2/c1-10(11-6-3-2-4-7-11)18-14-12(15(19)20)8-5-9-13(14)16-17-18/h5,8-11H,2-4,6-7H2,1H3,(H,19,20). The van der Waals surface area contributed by atoms with E-state index in [1.807, 2.05) is 10.7 Å². The van der Waals surface area contributed by atoms with E-state index in [1.54, 1.807) is 12.1 Å². The number of para-hydroxylation sites is 1. The molecule has 106 valence electrons. The van der Waals surface area contributed by atoms with Gasteiger partial charge in [-0.2, -0.15) is 0 Å². The third kappa shape index (κ3) is 2.17. The highest BCUT2D eigenvalue weighted by Crippen LogP contribution is 2.34. The molecule has 0 aliphatic heterocycles. The molecule has 5 heteroatoms. The van der Waals surface area contributed by atoms with Gasteiger partial charge in [-0.1, -0.05) is 30.5 Å². The molecule has 20 heavy (non-hydrogen) atoms. The van der Waals surface area contributed by atoms with Crippen LogP contribution >= 0.6 is 0 Å². The minimum Gasteiger partial charge on any atom is -0.478 e. The average Bonchev–Trinajstić information content (AvgIpc) is 2.91. The highest BCUT2D eigenvalue weighted by atomic mass is 16.4. The van der Waals surface area contributed by atoms with Crippen LogP contribution in [-0.2, 0) is 0 Å². The van der Waals surface area contributed by atoms with Crippen LogP contribution in [-0.4, -0.2) is 26.1 Å². The number of rotatable bonds is 3. The second-order valence-corrected chi connectivity index (χ2v) is 5.65. The normalized spacial score (nSPS) is 18.2. The summed E-state index contributed by atoms with van der Waals surface area (Å²) in [6.45, 7) is 2.13. The lowest BCUT2D eigenvalue weighted by molar-refractivity contribution is 0.0698. The Bertz CT molecular complexity index is 629. The second kappa shape index (κ2) is 5.23. The third-order valence-corrected chi connectivity index (χ3v) is 4.44. The van der Waals surface area contributed by atoms with Crippen molar-refractivity contribution in [3.8, 4) is 0 Å². The summed E-state index contributed by atoms with van der Waals surface area (Å²) in [5.74, 6) is -0.356. The van der Waals surface area contributed by atoms with Gasteiger partial charge in [0.05, 0.1) is 11.6 Å². The number of carboxylic acid groups (broad SMARTS) is 1. The molecule has 1 aromatic heterocycles. The molecule has 1 unspecified atom stereocenters. The summed E-state index contributed by atoms with van der Waals surface area (Å²) in [7, 11) is 0. The van der Waals surface area contributed by atoms with Gasteiger partial charge in [0.25, 0.3) is 0 Å². The van der Waals surface area contributed by atoms with E-state index in [-0.39, 0.29) is 11.6 Å². The number of hydrogen-bond donors (Lipinski definition) is 1. The molecule has 1 fully saturated rings. The molecule has 1 aromatic carbocycles. The second-order valence-electron chi connectivity index (χ2n) is 5.65. The van der Waals surface area contributed by atoms with Crippen LogP contribution in [0, 0.1) is 5.92 Å². The molecule has 1 saturated carbocycles. The molecule has 1 N–H and O–H groups in total. The van der Waals surface area contributed by atoms with E-state index in [0.29, 0.717) is 17.0 Å². The molecule has 0 amide bonds. The largest absolute Gasteiger partial charge is 0.478 e. The maximum absolute atomic E-state index is 11.4. The van der Waals surface area contributed by atoms with E-state index < -0.39 is 5.97 Å².